The summed E-state index contributed by atoms with van der Waals surface area (Å²) in [4.78, 5) is 49.1. The highest BCUT2D eigenvalue weighted by atomic mass is 32.2. The quantitative estimate of drug-likeness (QED) is 0.297. The van der Waals surface area contributed by atoms with Crippen LogP contribution in [0.15, 0.2) is 70.0 Å². The van der Waals surface area contributed by atoms with Crippen molar-refractivity contribution in [2.45, 2.75) is 0 Å². The van der Waals surface area contributed by atoms with Crippen LogP contribution in [0.25, 0.3) is 17.4 Å². The van der Waals surface area contributed by atoms with Gasteiger partial charge in [0.15, 0.2) is 0 Å². The Kier molecular flexibility index (Phi) is 6.46. The van der Waals surface area contributed by atoms with E-state index in [1.54, 1.807) is 36.4 Å². The van der Waals surface area contributed by atoms with Crippen molar-refractivity contribution in [2.24, 2.45) is 0 Å². The minimum Gasteiger partial charge on any atom is -0.497 e. The van der Waals surface area contributed by atoms with Gasteiger partial charge >= 0.3 is 0 Å². The van der Waals surface area contributed by atoms with E-state index in [2.05, 4.69) is 5.32 Å². The van der Waals surface area contributed by atoms with Gasteiger partial charge in [-0.1, -0.05) is 18.2 Å². The predicted octanol–water partition coefficient (Wildman–Crippen LogP) is 4.54. The number of para-hydroxylation sites is 1. The average Bonchev–Trinajstić information content (AvgIpc) is 3.39. The minimum atomic E-state index is -0.633. The van der Waals surface area contributed by atoms with Gasteiger partial charge in [0, 0.05) is 11.8 Å². The molecule has 0 atom stereocenters. The molecule has 0 unspecified atom stereocenters. The number of furan rings is 1. The first-order chi connectivity index (χ1) is 16.4. The number of amides is 3. The minimum absolute atomic E-state index is 0.0719. The highest BCUT2D eigenvalue weighted by Gasteiger charge is 2.36. The molecule has 3 aromatic rings. The van der Waals surface area contributed by atoms with E-state index in [1.807, 2.05) is 0 Å². The van der Waals surface area contributed by atoms with Gasteiger partial charge in [-0.2, -0.15) is 0 Å². The van der Waals surface area contributed by atoms with Gasteiger partial charge in [0.2, 0.25) is 5.91 Å². The van der Waals surface area contributed by atoms with Crippen molar-refractivity contribution in [3.63, 3.8) is 0 Å². The van der Waals surface area contributed by atoms with E-state index in [1.165, 1.54) is 37.5 Å². The van der Waals surface area contributed by atoms with Crippen LogP contribution in [0, 0.1) is 10.1 Å². The Morgan fingerprint density at radius 2 is 1.94 bits per heavy atom. The summed E-state index contributed by atoms with van der Waals surface area (Å²) >= 11 is 0.677. The number of methoxy groups -OCH3 is 1. The predicted molar refractivity (Wildman–Crippen MR) is 125 cm³/mol. The molecule has 1 saturated heterocycles. The molecule has 11 heteroatoms. The monoisotopic (exact) mass is 479 g/mol. The molecule has 172 valence electrons. The molecule has 0 spiro atoms. The van der Waals surface area contributed by atoms with Gasteiger partial charge in [0.05, 0.1) is 28.6 Å². The number of nitro groups is 1. The SMILES string of the molecule is COc1ccc(-c2ccc(/C=C3/SC(=O)N(CC(=O)Nc4ccccc4)C3=O)o2)c([N+](=O)[O-])c1. The standard InChI is InChI=1S/C23H17N3O7S/c1-32-15-7-9-17(18(11-15)26(30)31)19-10-8-16(33-19)12-20-22(28)25(23(29)34-20)13-21(27)24-14-5-3-2-4-6-14/h2-12H,13H2,1H3,(H,24,27)/b20-12+. The van der Waals surface area contributed by atoms with E-state index < -0.39 is 28.5 Å². The Morgan fingerprint density at radius 3 is 2.65 bits per heavy atom. The number of imide groups is 1. The number of carbonyl (C=O) groups excluding carboxylic acids is 3. The van der Waals surface area contributed by atoms with Crippen molar-refractivity contribution >= 4 is 46.3 Å². The van der Waals surface area contributed by atoms with E-state index in [4.69, 9.17) is 9.15 Å². The number of nitrogens with one attached hydrogen (secondary N) is 1. The molecule has 0 saturated carbocycles. The molecular formula is C23H17N3O7S. The molecule has 0 aliphatic carbocycles. The topological polar surface area (TPSA) is 132 Å². The molecule has 3 amide bonds. The number of ether oxygens (including phenoxy) is 1. The first-order valence-electron chi connectivity index (χ1n) is 9.88. The molecule has 1 aliphatic rings. The van der Waals surface area contributed by atoms with Crippen LogP contribution in [0.3, 0.4) is 0 Å². The second-order valence-corrected chi connectivity index (χ2v) is 8.02. The van der Waals surface area contributed by atoms with Gasteiger partial charge in [-0.3, -0.25) is 29.4 Å². The summed E-state index contributed by atoms with van der Waals surface area (Å²) in [7, 11) is 1.40. The first kappa shape index (κ1) is 22.8. The summed E-state index contributed by atoms with van der Waals surface area (Å²) in [5, 5.41) is 13.5. The third kappa shape index (κ3) is 4.84. The maximum atomic E-state index is 12.7. The van der Waals surface area contributed by atoms with Gasteiger partial charge in [-0.25, -0.2) is 0 Å². The lowest BCUT2D eigenvalue weighted by molar-refractivity contribution is -0.384. The molecule has 10 nitrogen and oxygen atoms in total. The van der Waals surface area contributed by atoms with E-state index in [-0.39, 0.29) is 27.7 Å². The van der Waals surface area contributed by atoms with Crippen LogP contribution in [-0.4, -0.2) is 40.5 Å². The lowest BCUT2D eigenvalue weighted by atomic mass is 10.1. The van der Waals surface area contributed by atoms with Crippen molar-refractivity contribution < 1.29 is 28.5 Å². The second kappa shape index (κ2) is 9.63. The maximum absolute atomic E-state index is 12.7. The zero-order valence-electron chi connectivity index (χ0n) is 17.7. The van der Waals surface area contributed by atoms with E-state index in [0.29, 0.717) is 23.2 Å². The van der Waals surface area contributed by atoms with Crippen LogP contribution in [0.1, 0.15) is 5.76 Å². The molecule has 1 aromatic heterocycles. The van der Waals surface area contributed by atoms with E-state index in [0.717, 1.165) is 4.90 Å². The molecule has 1 N–H and O–H groups in total. The normalized spacial score (nSPS) is 14.5. The van der Waals surface area contributed by atoms with Crippen LogP contribution in [0.4, 0.5) is 16.2 Å². The first-order valence-corrected chi connectivity index (χ1v) is 10.7. The van der Waals surface area contributed by atoms with Crippen molar-refractivity contribution in [1.29, 1.82) is 0 Å². The summed E-state index contributed by atoms with van der Waals surface area (Å²) in [5.74, 6) is -0.387. The zero-order chi connectivity index (χ0) is 24.2. The Labute approximate surface area is 197 Å². The smallest absolute Gasteiger partial charge is 0.294 e. The molecule has 1 fully saturated rings. The fourth-order valence-electron chi connectivity index (χ4n) is 3.20. The van der Waals surface area contributed by atoms with Gasteiger partial charge in [0.25, 0.3) is 16.8 Å². The molecule has 34 heavy (non-hydrogen) atoms. The Bertz CT molecular complexity index is 1320. The number of anilines is 1. The lowest BCUT2D eigenvalue weighted by Gasteiger charge is -2.12. The maximum Gasteiger partial charge on any atom is 0.294 e. The molecule has 0 radical (unpaired) electrons. The van der Waals surface area contributed by atoms with Crippen LogP contribution >= 0.6 is 11.8 Å². The van der Waals surface area contributed by atoms with Crippen molar-refractivity contribution in [1.82, 2.24) is 4.90 Å². The number of rotatable bonds is 7. The molecule has 0 bridgehead atoms. The number of thioether (sulfide) groups is 1. The highest BCUT2D eigenvalue weighted by molar-refractivity contribution is 8.18. The summed E-state index contributed by atoms with van der Waals surface area (Å²) in [5.41, 5.74) is 0.576. The summed E-state index contributed by atoms with van der Waals surface area (Å²) in [6, 6.07) is 16.1. The zero-order valence-corrected chi connectivity index (χ0v) is 18.5. The van der Waals surface area contributed by atoms with Gasteiger partial charge in [-0.15, -0.1) is 0 Å². The number of hydrogen-bond acceptors (Lipinski definition) is 8. The van der Waals surface area contributed by atoms with Crippen LogP contribution < -0.4 is 10.1 Å². The molecule has 4 rings (SSSR count). The van der Waals surface area contributed by atoms with Gasteiger partial charge in [0.1, 0.15) is 23.8 Å². The molecule has 2 heterocycles. The van der Waals surface area contributed by atoms with Gasteiger partial charge < -0.3 is 14.5 Å². The Balaban J connectivity index is 1.50. The van der Waals surface area contributed by atoms with E-state index in [9.17, 15) is 24.5 Å². The summed E-state index contributed by atoms with van der Waals surface area (Å²) in [6.07, 6.45) is 1.36. The number of benzene rings is 2. The largest absolute Gasteiger partial charge is 0.497 e. The number of nitrogens with zero attached hydrogens (tertiary/aromatic N) is 2. The second-order valence-electron chi connectivity index (χ2n) is 7.02. The average molecular weight is 479 g/mol. The molecule has 1 aliphatic heterocycles. The molecule has 2 aromatic carbocycles. The van der Waals surface area contributed by atoms with E-state index >= 15 is 0 Å². The van der Waals surface area contributed by atoms with Crippen LogP contribution in [0.5, 0.6) is 5.75 Å². The fourth-order valence-corrected chi connectivity index (χ4v) is 4.02. The van der Waals surface area contributed by atoms with Crippen molar-refractivity contribution in [3.05, 3.63) is 81.4 Å². The third-order valence-electron chi connectivity index (χ3n) is 4.80. The summed E-state index contributed by atoms with van der Waals surface area (Å²) < 4.78 is 10.7. The highest BCUT2D eigenvalue weighted by Crippen LogP contribution is 2.36. The van der Waals surface area contributed by atoms with Crippen LogP contribution in [0.2, 0.25) is 0 Å². The third-order valence-corrected chi connectivity index (χ3v) is 5.71. The summed E-state index contributed by atoms with van der Waals surface area (Å²) in [6.45, 7) is -0.432. The number of nitro benzene ring substituents is 1. The number of carbonyl (C=O) groups is 3. The van der Waals surface area contributed by atoms with Crippen LogP contribution in [-0.2, 0) is 9.59 Å². The Morgan fingerprint density at radius 1 is 1.18 bits per heavy atom. The Hall–Kier alpha value is -4.38. The van der Waals surface area contributed by atoms with Gasteiger partial charge in [-0.05, 0) is 48.2 Å². The fraction of sp³-hybridized carbons (Fsp3) is 0.0870. The lowest BCUT2D eigenvalue weighted by Crippen LogP contribution is -2.36. The number of hydrogen-bond donors (Lipinski definition) is 1. The molecular weight excluding hydrogens is 462 g/mol. The van der Waals surface area contributed by atoms with Crippen molar-refractivity contribution in [3.8, 4) is 17.1 Å². The van der Waals surface area contributed by atoms with Crippen molar-refractivity contribution in [2.75, 3.05) is 19.0 Å².